The zero-order chi connectivity index (χ0) is 29.6. The molecule has 4 aliphatic carbocycles. The first-order chi connectivity index (χ1) is 18.6. The third kappa shape index (κ3) is 5.12. The van der Waals surface area contributed by atoms with E-state index in [0.717, 1.165) is 18.4 Å². The molecule has 1 amide bonds. The molecule has 4 rings (SSSR count). The molecule has 0 bridgehead atoms. The molecule has 0 aliphatic heterocycles. The summed E-state index contributed by atoms with van der Waals surface area (Å²) in [5.74, 6) is -3.55. The molecule has 40 heavy (non-hydrogen) atoms. The van der Waals surface area contributed by atoms with Crippen molar-refractivity contribution in [1.82, 2.24) is 5.32 Å². The fourth-order valence-corrected chi connectivity index (χ4v) is 8.34. The highest BCUT2D eigenvalue weighted by Crippen LogP contribution is 2.67. The van der Waals surface area contributed by atoms with Gasteiger partial charge in [0.2, 0.25) is 11.7 Å². The molecule has 3 saturated carbocycles. The van der Waals surface area contributed by atoms with Crippen LogP contribution < -0.4 is 5.32 Å². The number of rotatable bonds is 9. The molecule has 0 heterocycles. The lowest BCUT2D eigenvalue weighted by molar-refractivity contribution is -0.184. The Balaban J connectivity index is 1.38. The Hall–Kier alpha value is -2.63. The summed E-state index contributed by atoms with van der Waals surface area (Å²) in [4.78, 5) is 60.8. The van der Waals surface area contributed by atoms with Gasteiger partial charge in [0.15, 0.2) is 18.4 Å². The van der Waals surface area contributed by atoms with Gasteiger partial charge in [0, 0.05) is 18.3 Å². The number of Topliss-reactive ketones (excluding diaryl/α,β-unsaturated/α-hetero) is 1. The molecule has 0 aromatic heterocycles. The van der Waals surface area contributed by atoms with Crippen molar-refractivity contribution in [2.75, 3.05) is 6.61 Å². The van der Waals surface area contributed by atoms with Crippen molar-refractivity contribution in [2.24, 2.45) is 28.6 Å². The Kier molecular flexibility index (Phi) is 8.33. The average Bonchev–Trinajstić information content (AvgIpc) is 3.15. The van der Waals surface area contributed by atoms with Gasteiger partial charge in [-0.25, -0.2) is 4.79 Å². The second kappa shape index (κ2) is 11.0. The van der Waals surface area contributed by atoms with Crippen molar-refractivity contribution >= 4 is 29.4 Å². The largest absolute Gasteiger partial charge is 0.480 e. The van der Waals surface area contributed by atoms with Crippen LogP contribution in [0.2, 0.25) is 0 Å². The van der Waals surface area contributed by atoms with Crippen LogP contribution >= 0.6 is 0 Å². The maximum absolute atomic E-state index is 13.3. The Morgan fingerprint density at radius 3 is 2.48 bits per heavy atom. The molecule has 0 radical (unpaired) electrons. The Morgan fingerprint density at radius 1 is 1.12 bits per heavy atom. The number of fused-ring (bicyclic) bond motifs is 5. The van der Waals surface area contributed by atoms with Crippen molar-refractivity contribution in [3.63, 3.8) is 0 Å². The second-order valence-corrected chi connectivity index (χ2v) is 12.7. The van der Waals surface area contributed by atoms with Gasteiger partial charge in [-0.3, -0.25) is 19.2 Å². The monoisotopic (exact) mass is 563 g/mol. The highest BCUT2D eigenvalue weighted by Gasteiger charge is 2.68. The van der Waals surface area contributed by atoms with E-state index in [0.29, 0.717) is 19.3 Å². The second-order valence-electron chi connectivity index (χ2n) is 12.7. The quantitative estimate of drug-likeness (QED) is 0.254. The number of amides is 1. The van der Waals surface area contributed by atoms with Crippen LogP contribution in [0.4, 0.5) is 0 Å². The zero-order valence-electron chi connectivity index (χ0n) is 23.4. The number of aliphatic hydroxyl groups is 3. The van der Waals surface area contributed by atoms with Gasteiger partial charge in [-0.15, -0.1) is 0 Å². The first-order valence-electron chi connectivity index (χ1n) is 14.2. The highest BCUT2D eigenvalue weighted by molar-refractivity contribution is 5.92. The first-order valence-corrected chi connectivity index (χ1v) is 14.2. The molecule has 0 aromatic rings. The van der Waals surface area contributed by atoms with E-state index in [1.807, 2.05) is 6.92 Å². The third-order valence-electron chi connectivity index (χ3n) is 10.5. The van der Waals surface area contributed by atoms with Gasteiger partial charge in [0.05, 0.1) is 18.6 Å². The fraction of sp³-hybridized carbons (Fsp3) is 0.759. The van der Waals surface area contributed by atoms with Crippen LogP contribution in [0, 0.1) is 28.6 Å². The summed E-state index contributed by atoms with van der Waals surface area (Å²) in [6, 6.07) is -1.52. The molecule has 0 aromatic carbocycles. The predicted molar refractivity (Wildman–Crippen MR) is 139 cm³/mol. The van der Waals surface area contributed by atoms with E-state index in [1.54, 1.807) is 6.08 Å². The van der Waals surface area contributed by atoms with Crippen LogP contribution in [0.15, 0.2) is 11.6 Å². The molecule has 11 nitrogen and oxygen atoms in total. The summed E-state index contributed by atoms with van der Waals surface area (Å²) in [7, 11) is 0. The molecular formula is C29H41NO10. The van der Waals surface area contributed by atoms with Crippen LogP contribution in [0.25, 0.3) is 0 Å². The SMILES string of the molecule is C[C@H](O)[C@H](NC(=O)CCC(=O)OCC(=O)[C@@]1(O)CC[C@H]2[C@@H]3CCC4=CC(=O)CC[C@]4(C)[C@H]3[C@@H](O)C[C@@]21C)C(=O)O. The maximum atomic E-state index is 13.3. The summed E-state index contributed by atoms with van der Waals surface area (Å²) >= 11 is 0. The molecule has 5 N–H and O–H groups in total. The number of carboxylic acid groups (broad SMARTS) is 1. The number of hydrogen-bond acceptors (Lipinski definition) is 9. The molecular weight excluding hydrogens is 522 g/mol. The Morgan fingerprint density at radius 2 is 1.82 bits per heavy atom. The molecule has 9 atom stereocenters. The zero-order valence-corrected chi connectivity index (χ0v) is 23.4. The normalized spacial score (nSPS) is 38.1. The molecule has 4 aliphatic rings. The van der Waals surface area contributed by atoms with E-state index < -0.39 is 72.3 Å². The van der Waals surface area contributed by atoms with E-state index in [1.165, 1.54) is 6.92 Å². The topological polar surface area (TPSA) is 188 Å². The molecule has 11 heteroatoms. The fourth-order valence-electron chi connectivity index (χ4n) is 8.34. The first kappa shape index (κ1) is 30.3. The number of esters is 1. The standard InChI is InChI=1S/C29H41NO10/c1-15(31)25(26(37)38)30-22(35)6-7-23(36)40-14-21(34)29(39)11-9-19-18-5-4-16-12-17(32)8-10-27(16,2)24(18)20(33)13-28(19,29)3/h12,15,18-20,24-25,31,33,39H,4-11,13-14H2,1-3H3,(H,30,35)(H,37,38)/t15-,18-,19-,20-,24+,25-,27-,28-,29-/m0/s1. The lowest BCUT2D eigenvalue weighted by Crippen LogP contribution is -2.62. The number of ether oxygens (including phenoxy) is 1. The van der Waals surface area contributed by atoms with E-state index in [4.69, 9.17) is 9.84 Å². The minimum absolute atomic E-state index is 0.0126. The van der Waals surface area contributed by atoms with Crippen molar-refractivity contribution in [3.8, 4) is 0 Å². The summed E-state index contributed by atoms with van der Waals surface area (Å²) in [6.07, 6.45) is 2.53. The lowest BCUT2D eigenvalue weighted by atomic mass is 9.45. The van der Waals surface area contributed by atoms with Gasteiger partial charge in [0.1, 0.15) is 5.60 Å². The summed E-state index contributed by atoms with van der Waals surface area (Å²) < 4.78 is 5.09. The van der Waals surface area contributed by atoms with Gasteiger partial charge in [-0.1, -0.05) is 19.4 Å². The molecule has 0 saturated heterocycles. The number of ketones is 2. The van der Waals surface area contributed by atoms with E-state index in [9.17, 15) is 39.3 Å². The number of hydrogen-bond donors (Lipinski definition) is 5. The van der Waals surface area contributed by atoms with Crippen LogP contribution in [0.1, 0.15) is 78.6 Å². The molecule has 3 fully saturated rings. The summed E-state index contributed by atoms with van der Waals surface area (Å²) in [5.41, 5.74) is -1.88. The van der Waals surface area contributed by atoms with Crippen LogP contribution in [0.5, 0.6) is 0 Å². The lowest BCUT2D eigenvalue weighted by Gasteiger charge is -2.60. The van der Waals surface area contributed by atoms with Crippen LogP contribution in [-0.4, -0.2) is 80.3 Å². The smallest absolute Gasteiger partial charge is 0.328 e. The van der Waals surface area contributed by atoms with Crippen LogP contribution in [-0.2, 0) is 28.7 Å². The third-order valence-corrected chi connectivity index (χ3v) is 10.5. The van der Waals surface area contributed by atoms with Crippen molar-refractivity contribution in [3.05, 3.63) is 11.6 Å². The number of aliphatic carboxylic acids is 1. The van der Waals surface area contributed by atoms with Gasteiger partial charge in [-0.2, -0.15) is 0 Å². The van der Waals surface area contributed by atoms with E-state index in [-0.39, 0.29) is 41.8 Å². The average molecular weight is 564 g/mol. The summed E-state index contributed by atoms with van der Waals surface area (Å²) in [6.45, 7) is 4.51. The van der Waals surface area contributed by atoms with Gasteiger partial charge in [0.25, 0.3) is 0 Å². The minimum Gasteiger partial charge on any atom is -0.480 e. The van der Waals surface area contributed by atoms with Gasteiger partial charge < -0.3 is 30.5 Å². The number of aliphatic hydroxyl groups excluding tert-OH is 2. The number of carboxylic acids is 1. The van der Waals surface area contributed by atoms with Crippen molar-refractivity contribution in [1.29, 1.82) is 0 Å². The van der Waals surface area contributed by atoms with Crippen molar-refractivity contribution < 1.29 is 49.1 Å². The number of carbonyl (C=O) groups is 5. The number of carbonyl (C=O) groups excluding carboxylic acids is 4. The van der Waals surface area contributed by atoms with E-state index in [2.05, 4.69) is 12.2 Å². The van der Waals surface area contributed by atoms with Crippen molar-refractivity contribution in [2.45, 2.75) is 102 Å². The molecule has 0 unspecified atom stereocenters. The predicted octanol–water partition coefficient (Wildman–Crippen LogP) is 1.06. The number of allylic oxidation sites excluding steroid dienone is 1. The molecule has 0 spiro atoms. The van der Waals surface area contributed by atoms with Crippen LogP contribution in [0.3, 0.4) is 0 Å². The highest BCUT2D eigenvalue weighted by atomic mass is 16.5. The van der Waals surface area contributed by atoms with Gasteiger partial charge in [-0.05, 0) is 74.7 Å². The Labute approximate surface area is 233 Å². The minimum atomic E-state index is -1.78. The number of nitrogens with one attached hydrogen (secondary N) is 1. The maximum Gasteiger partial charge on any atom is 0.328 e. The summed E-state index contributed by atoms with van der Waals surface area (Å²) in [5, 5.41) is 43.8. The van der Waals surface area contributed by atoms with E-state index >= 15 is 0 Å². The Bertz CT molecular complexity index is 1120. The van der Waals surface area contributed by atoms with Gasteiger partial charge >= 0.3 is 11.9 Å². The molecule has 222 valence electrons.